The van der Waals surface area contributed by atoms with Crippen molar-refractivity contribution in [3.8, 4) is 0 Å². The van der Waals surface area contributed by atoms with Crippen LogP contribution in [-0.2, 0) is 0 Å². The minimum absolute atomic E-state index is 0.0959. The minimum Gasteiger partial charge on any atom is -0.339 e. The maximum atomic E-state index is 12.0. The minimum atomic E-state index is 0.0959. The fourth-order valence-corrected chi connectivity index (χ4v) is 2.58. The summed E-state index contributed by atoms with van der Waals surface area (Å²) >= 11 is 7.99. The molecule has 1 aromatic rings. The SMILES string of the molecule is CN(C(=O)c1ccc(Cl)cc1I)C1CC1. The Labute approximate surface area is 108 Å². The molecule has 0 N–H and O–H groups in total. The predicted molar refractivity (Wildman–Crippen MR) is 69.3 cm³/mol. The van der Waals surface area contributed by atoms with Gasteiger partial charge in [-0.25, -0.2) is 0 Å². The molecule has 1 amide bonds. The van der Waals surface area contributed by atoms with Crippen molar-refractivity contribution in [3.05, 3.63) is 32.4 Å². The Balaban J connectivity index is 2.24. The van der Waals surface area contributed by atoms with Gasteiger partial charge in [0.1, 0.15) is 0 Å². The normalized spacial score (nSPS) is 15.1. The zero-order valence-corrected chi connectivity index (χ0v) is 11.2. The maximum Gasteiger partial charge on any atom is 0.254 e. The first-order valence-corrected chi connectivity index (χ1v) is 6.27. The molecule has 1 saturated carbocycles. The van der Waals surface area contributed by atoms with Crippen LogP contribution in [0.3, 0.4) is 0 Å². The summed E-state index contributed by atoms with van der Waals surface area (Å²) in [7, 11) is 1.87. The summed E-state index contributed by atoms with van der Waals surface area (Å²) in [5.41, 5.74) is 0.745. The van der Waals surface area contributed by atoms with Gasteiger partial charge in [0.25, 0.3) is 5.91 Å². The molecule has 0 heterocycles. The maximum absolute atomic E-state index is 12.0. The van der Waals surface area contributed by atoms with E-state index in [0.717, 1.165) is 22.0 Å². The summed E-state index contributed by atoms with van der Waals surface area (Å²) in [6.45, 7) is 0. The standard InChI is InChI=1S/C11H11ClINO/c1-14(8-3-4-8)11(15)9-5-2-7(12)6-10(9)13/h2,5-6,8H,3-4H2,1H3. The van der Waals surface area contributed by atoms with Gasteiger partial charge in [0.15, 0.2) is 0 Å². The molecule has 80 valence electrons. The Morgan fingerprint density at radius 3 is 2.73 bits per heavy atom. The molecule has 0 bridgehead atoms. The van der Waals surface area contributed by atoms with Crippen molar-refractivity contribution in [3.63, 3.8) is 0 Å². The fourth-order valence-electron chi connectivity index (χ4n) is 1.48. The second kappa shape index (κ2) is 4.29. The van der Waals surface area contributed by atoms with Crippen LogP contribution in [0.15, 0.2) is 18.2 Å². The highest BCUT2D eigenvalue weighted by atomic mass is 127. The van der Waals surface area contributed by atoms with E-state index in [9.17, 15) is 4.79 Å². The van der Waals surface area contributed by atoms with E-state index in [1.807, 2.05) is 18.0 Å². The second-order valence-electron chi connectivity index (χ2n) is 3.77. The van der Waals surface area contributed by atoms with Crippen LogP contribution in [0.2, 0.25) is 5.02 Å². The number of nitrogens with zero attached hydrogens (tertiary/aromatic N) is 1. The first kappa shape index (κ1) is 11.2. The zero-order chi connectivity index (χ0) is 11.0. The van der Waals surface area contributed by atoms with E-state index in [4.69, 9.17) is 11.6 Å². The highest BCUT2D eigenvalue weighted by molar-refractivity contribution is 14.1. The quantitative estimate of drug-likeness (QED) is 0.760. The Kier molecular flexibility index (Phi) is 3.21. The smallest absolute Gasteiger partial charge is 0.254 e. The second-order valence-corrected chi connectivity index (χ2v) is 5.37. The van der Waals surface area contributed by atoms with Gasteiger partial charge in [-0.2, -0.15) is 0 Å². The number of benzene rings is 1. The van der Waals surface area contributed by atoms with Crippen molar-refractivity contribution in [2.24, 2.45) is 0 Å². The molecule has 1 aliphatic carbocycles. The van der Waals surface area contributed by atoms with Gasteiger partial charge in [0.05, 0.1) is 5.56 Å². The van der Waals surface area contributed by atoms with Crippen LogP contribution >= 0.6 is 34.2 Å². The first-order chi connectivity index (χ1) is 7.09. The van der Waals surface area contributed by atoms with E-state index in [1.54, 1.807) is 12.1 Å². The molecule has 1 fully saturated rings. The van der Waals surface area contributed by atoms with E-state index >= 15 is 0 Å². The van der Waals surface area contributed by atoms with Gasteiger partial charge in [0.2, 0.25) is 0 Å². The predicted octanol–water partition coefficient (Wildman–Crippen LogP) is 3.18. The van der Waals surface area contributed by atoms with Gasteiger partial charge < -0.3 is 4.90 Å². The summed E-state index contributed by atoms with van der Waals surface area (Å²) in [6, 6.07) is 5.82. The van der Waals surface area contributed by atoms with E-state index in [-0.39, 0.29) is 5.91 Å². The third kappa shape index (κ3) is 2.45. The van der Waals surface area contributed by atoms with E-state index in [1.165, 1.54) is 0 Å². The van der Waals surface area contributed by atoms with E-state index < -0.39 is 0 Å². The first-order valence-electron chi connectivity index (χ1n) is 4.82. The highest BCUT2D eigenvalue weighted by Crippen LogP contribution is 2.28. The van der Waals surface area contributed by atoms with Crippen molar-refractivity contribution >= 4 is 40.1 Å². The number of rotatable bonds is 2. The summed E-state index contributed by atoms with van der Waals surface area (Å²) in [6.07, 6.45) is 2.26. The molecular weight excluding hydrogens is 324 g/mol. The molecule has 0 aliphatic heterocycles. The average Bonchev–Trinajstić information content (AvgIpc) is 2.99. The van der Waals surface area contributed by atoms with Gasteiger partial charge in [-0.3, -0.25) is 4.79 Å². The highest BCUT2D eigenvalue weighted by Gasteiger charge is 2.30. The van der Waals surface area contributed by atoms with Crippen LogP contribution in [0.4, 0.5) is 0 Å². The van der Waals surface area contributed by atoms with E-state index in [2.05, 4.69) is 22.6 Å². The molecule has 0 aromatic heterocycles. The Morgan fingerprint density at radius 2 is 2.20 bits per heavy atom. The van der Waals surface area contributed by atoms with Crippen LogP contribution in [0.1, 0.15) is 23.2 Å². The molecule has 2 nitrogen and oxygen atoms in total. The summed E-state index contributed by atoms with van der Waals surface area (Å²) in [5.74, 6) is 0.0959. The van der Waals surface area contributed by atoms with Gasteiger partial charge in [-0.15, -0.1) is 0 Å². The van der Waals surface area contributed by atoms with Gasteiger partial charge in [-0.05, 0) is 53.6 Å². The van der Waals surface area contributed by atoms with Crippen molar-refractivity contribution in [2.45, 2.75) is 18.9 Å². The molecule has 0 atom stereocenters. The van der Waals surface area contributed by atoms with Crippen LogP contribution in [0.5, 0.6) is 0 Å². The molecule has 1 aliphatic rings. The van der Waals surface area contributed by atoms with Crippen molar-refractivity contribution in [1.82, 2.24) is 4.90 Å². The molecule has 1 aromatic carbocycles. The molecule has 0 spiro atoms. The van der Waals surface area contributed by atoms with Gasteiger partial charge in [-0.1, -0.05) is 11.6 Å². The summed E-state index contributed by atoms with van der Waals surface area (Å²) in [5, 5.41) is 0.671. The Hall–Kier alpha value is -0.290. The number of carbonyl (C=O) groups excluding carboxylic acids is 1. The molecular formula is C11H11ClINO. The monoisotopic (exact) mass is 335 g/mol. The molecule has 0 radical (unpaired) electrons. The lowest BCUT2D eigenvalue weighted by molar-refractivity contribution is 0.0784. The fraction of sp³-hybridized carbons (Fsp3) is 0.364. The number of hydrogen-bond acceptors (Lipinski definition) is 1. The van der Waals surface area contributed by atoms with Gasteiger partial charge in [0, 0.05) is 21.7 Å². The lowest BCUT2D eigenvalue weighted by Crippen LogP contribution is -2.29. The van der Waals surface area contributed by atoms with Crippen molar-refractivity contribution in [1.29, 1.82) is 0 Å². The lowest BCUT2D eigenvalue weighted by Gasteiger charge is -2.17. The third-order valence-corrected chi connectivity index (χ3v) is 3.70. The van der Waals surface area contributed by atoms with Gasteiger partial charge >= 0.3 is 0 Å². The van der Waals surface area contributed by atoms with Crippen LogP contribution in [-0.4, -0.2) is 23.9 Å². The van der Waals surface area contributed by atoms with Crippen molar-refractivity contribution in [2.75, 3.05) is 7.05 Å². The van der Waals surface area contributed by atoms with Crippen LogP contribution in [0.25, 0.3) is 0 Å². The summed E-state index contributed by atoms with van der Waals surface area (Å²) in [4.78, 5) is 13.9. The molecule has 0 saturated heterocycles. The lowest BCUT2D eigenvalue weighted by atomic mass is 10.2. The molecule has 2 rings (SSSR count). The van der Waals surface area contributed by atoms with Crippen molar-refractivity contribution < 1.29 is 4.79 Å². The zero-order valence-electron chi connectivity index (χ0n) is 8.34. The molecule has 4 heteroatoms. The average molecular weight is 336 g/mol. The Morgan fingerprint density at radius 1 is 1.53 bits per heavy atom. The number of hydrogen-bond donors (Lipinski definition) is 0. The molecule has 0 unspecified atom stereocenters. The largest absolute Gasteiger partial charge is 0.339 e. The summed E-state index contributed by atoms with van der Waals surface area (Å²) < 4.78 is 0.914. The third-order valence-electron chi connectivity index (χ3n) is 2.58. The van der Waals surface area contributed by atoms with Crippen LogP contribution < -0.4 is 0 Å². The van der Waals surface area contributed by atoms with Crippen LogP contribution in [0, 0.1) is 3.57 Å². The number of halogens is 2. The Bertz CT molecular complexity index is 404. The topological polar surface area (TPSA) is 20.3 Å². The van der Waals surface area contributed by atoms with E-state index in [0.29, 0.717) is 11.1 Å². The molecule has 15 heavy (non-hydrogen) atoms. The number of carbonyl (C=O) groups is 1. The number of amides is 1.